The second-order valence-electron chi connectivity index (χ2n) is 7.30. The van der Waals surface area contributed by atoms with Gasteiger partial charge in [-0.25, -0.2) is 9.78 Å². The maximum atomic E-state index is 12.9. The number of carbonyl (C=O) groups excluding carboxylic acids is 2. The SMILES string of the molecule is CO/N=C(\C(=O)N[C@@H]1C(=O)N2C(C(=O)O)=C(CSc3nc(=O)c(=O)[nH]n3C)CS[C@H]12)c1csc(N)n1.[CaH2]. The molecule has 0 unspecified atom stereocenters. The Morgan fingerprint density at radius 1 is 1.38 bits per heavy atom. The van der Waals surface area contributed by atoms with E-state index in [0.29, 0.717) is 5.57 Å². The van der Waals surface area contributed by atoms with Crippen LogP contribution in [-0.4, -0.2) is 121 Å². The van der Waals surface area contributed by atoms with Crippen LogP contribution in [0.4, 0.5) is 5.13 Å². The number of oxime groups is 1. The molecule has 4 rings (SSSR count). The molecule has 37 heavy (non-hydrogen) atoms. The van der Waals surface area contributed by atoms with Gasteiger partial charge in [-0.15, -0.1) is 23.1 Å². The average molecular weight is 597 g/mol. The van der Waals surface area contributed by atoms with Gasteiger partial charge in [0.15, 0.2) is 16.0 Å². The van der Waals surface area contributed by atoms with Crippen LogP contribution in [0.25, 0.3) is 0 Å². The van der Waals surface area contributed by atoms with Crippen LogP contribution in [0.3, 0.4) is 0 Å². The van der Waals surface area contributed by atoms with Gasteiger partial charge in [-0.3, -0.25) is 33.9 Å². The molecule has 0 aromatic carbocycles. The van der Waals surface area contributed by atoms with Crippen LogP contribution >= 0.6 is 34.9 Å². The third-order valence-corrected chi connectivity index (χ3v) is 8.15. The summed E-state index contributed by atoms with van der Waals surface area (Å²) in [5.74, 6) is -2.30. The van der Waals surface area contributed by atoms with E-state index >= 15 is 0 Å². The number of H-pyrrole nitrogens is 1. The predicted molar refractivity (Wildman–Crippen MR) is 139 cm³/mol. The van der Waals surface area contributed by atoms with E-state index in [1.807, 2.05) is 0 Å². The average Bonchev–Trinajstić information content (AvgIpc) is 3.27. The zero-order valence-electron chi connectivity index (χ0n) is 18.6. The van der Waals surface area contributed by atoms with Gasteiger partial charge in [0.25, 0.3) is 11.8 Å². The number of thiazole rings is 1. The molecular weight excluding hydrogens is 577 g/mol. The van der Waals surface area contributed by atoms with Crippen LogP contribution in [0.15, 0.2) is 36.6 Å². The quantitative estimate of drug-likeness (QED) is 0.0620. The van der Waals surface area contributed by atoms with Gasteiger partial charge >= 0.3 is 54.8 Å². The number of aryl methyl sites for hydroxylation is 1. The van der Waals surface area contributed by atoms with Gasteiger partial charge in [0.2, 0.25) is 0 Å². The van der Waals surface area contributed by atoms with E-state index < -0.39 is 40.3 Å². The minimum atomic E-state index is -1.31. The number of hydrogen-bond donors (Lipinski definition) is 4. The Morgan fingerprint density at radius 3 is 2.73 bits per heavy atom. The number of β-lactam (4-membered cyclic amide) rings is 1. The normalized spacial score (nSPS) is 19.0. The molecule has 4 heterocycles. The molecule has 0 saturated carbocycles. The number of carbonyl (C=O) groups is 3. The van der Waals surface area contributed by atoms with E-state index in [-0.39, 0.29) is 76.6 Å². The number of amides is 2. The molecule has 0 spiro atoms. The summed E-state index contributed by atoms with van der Waals surface area (Å²) < 4.78 is 1.25. The van der Waals surface area contributed by atoms with Crippen molar-refractivity contribution in [1.29, 1.82) is 0 Å². The van der Waals surface area contributed by atoms with Crippen LogP contribution in [0.2, 0.25) is 0 Å². The molecule has 2 aromatic rings. The summed E-state index contributed by atoms with van der Waals surface area (Å²) in [7, 11) is 2.74. The van der Waals surface area contributed by atoms with Gasteiger partial charge in [-0.2, -0.15) is 4.98 Å². The number of thioether (sulfide) groups is 2. The molecule has 0 radical (unpaired) electrons. The number of rotatable bonds is 8. The number of aromatic amines is 1. The van der Waals surface area contributed by atoms with E-state index in [0.717, 1.165) is 28.0 Å². The van der Waals surface area contributed by atoms with Crippen molar-refractivity contribution >= 4 is 101 Å². The molecule has 19 heteroatoms. The number of aromatic nitrogens is 4. The van der Waals surface area contributed by atoms with Gasteiger partial charge in [0, 0.05) is 23.9 Å². The molecule has 2 aliphatic rings. The van der Waals surface area contributed by atoms with Crippen molar-refractivity contribution in [3.8, 4) is 0 Å². The van der Waals surface area contributed by atoms with Gasteiger partial charge in [0.1, 0.15) is 29.9 Å². The number of anilines is 1. The van der Waals surface area contributed by atoms with Crippen molar-refractivity contribution < 1.29 is 24.3 Å². The molecule has 2 aromatic heterocycles. The number of nitrogens with two attached hydrogens (primary N) is 1. The first-order valence-electron chi connectivity index (χ1n) is 9.96. The van der Waals surface area contributed by atoms with E-state index in [4.69, 9.17) is 10.6 Å². The molecule has 194 valence electrons. The number of carboxylic acid groups (broad SMARTS) is 1. The number of fused-ring (bicyclic) bond motifs is 1. The van der Waals surface area contributed by atoms with E-state index in [1.54, 1.807) is 0 Å². The Morgan fingerprint density at radius 2 is 2.11 bits per heavy atom. The Balaban J connectivity index is 0.00000380. The summed E-state index contributed by atoms with van der Waals surface area (Å²) in [5.41, 5.74) is 4.00. The van der Waals surface area contributed by atoms with Crippen LogP contribution in [-0.2, 0) is 26.3 Å². The van der Waals surface area contributed by atoms with Crippen LogP contribution in [0.1, 0.15) is 5.69 Å². The van der Waals surface area contributed by atoms with Gasteiger partial charge in [-0.05, 0) is 5.57 Å². The maximum absolute atomic E-state index is 12.9. The number of aliphatic carboxylic acids is 1. The summed E-state index contributed by atoms with van der Waals surface area (Å²) in [6.45, 7) is 0. The first-order chi connectivity index (χ1) is 17.1. The monoisotopic (exact) mass is 596 g/mol. The summed E-state index contributed by atoms with van der Waals surface area (Å²) in [5, 5.41) is 19.6. The fourth-order valence-corrected chi connectivity index (χ4v) is 6.39. The van der Waals surface area contributed by atoms with Crippen molar-refractivity contribution in [2.45, 2.75) is 16.6 Å². The van der Waals surface area contributed by atoms with Crippen molar-refractivity contribution in [1.82, 2.24) is 30.0 Å². The molecular formula is C18H20CaN8O7S3. The number of nitrogens with one attached hydrogen (secondary N) is 2. The van der Waals surface area contributed by atoms with E-state index in [9.17, 15) is 29.1 Å². The number of carboxylic acids is 1. The fraction of sp³-hybridized carbons (Fsp3) is 0.333. The van der Waals surface area contributed by atoms with E-state index in [2.05, 4.69) is 25.5 Å². The molecule has 5 N–H and O–H groups in total. The predicted octanol–water partition coefficient (Wildman–Crippen LogP) is -2.53. The topological polar surface area (TPSA) is 215 Å². The van der Waals surface area contributed by atoms with Crippen LogP contribution in [0.5, 0.6) is 0 Å². The third-order valence-electron chi connectivity index (χ3n) is 5.02. The van der Waals surface area contributed by atoms with Crippen molar-refractivity contribution in [2.75, 3.05) is 24.3 Å². The Labute approximate surface area is 249 Å². The van der Waals surface area contributed by atoms with Crippen molar-refractivity contribution in [3.05, 3.63) is 43.1 Å². The number of hydrogen-bond acceptors (Lipinski definition) is 13. The van der Waals surface area contributed by atoms with E-state index in [1.165, 1.54) is 36.0 Å². The first-order valence-corrected chi connectivity index (χ1v) is 12.9. The van der Waals surface area contributed by atoms with Crippen LogP contribution in [0, 0.1) is 0 Å². The molecule has 0 aliphatic carbocycles. The Kier molecular flexibility index (Phi) is 9.46. The zero-order valence-corrected chi connectivity index (χ0v) is 21.0. The molecule has 1 fully saturated rings. The van der Waals surface area contributed by atoms with Gasteiger partial charge in [-0.1, -0.05) is 16.9 Å². The summed E-state index contributed by atoms with van der Waals surface area (Å²) in [6.07, 6.45) is 0. The number of nitrogens with zero attached hydrogens (tertiary/aromatic N) is 5. The molecule has 0 bridgehead atoms. The third kappa shape index (κ3) is 5.88. The summed E-state index contributed by atoms with van der Waals surface area (Å²) >= 11 is 3.41. The Hall–Kier alpha value is -2.38. The molecule has 15 nitrogen and oxygen atoms in total. The van der Waals surface area contributed by atoms with Gasteiger partial charge in [0.05, 0.1) is 0 Å². The van der Waals surface area contributed by atoms with Crippen molar-refractivity contribution in [3.63, 3.8) is 0 Å². The Bertz CT molecular complexity index is 1430. The van der Waals surface area contributed by atoms with Gasteiger partial charge < -0.3 is 21.0 Å². The molecule has 2 amide bonds. The van der Waals surface area contributed by atoms with Crippen molar-refractivity contribution in [2.24, 2.45) is 12.2 Å². The summed E-state index contributed by atoms with van der Waals surface area (Å²) in [6, 6.07) is -0.995. The molecule has 2 atom stereocenters. The molecule has 1 saturated heterocycles. The minimum absolute atomic E-state index is 0. The summed E-state index contributed by atoms with van der Waals surface area (Å²) in [4.78, 5) is 74.3. The standard InChI is InChI=1S/C18H18N8O7S3.Ca.2H/c1-25-18(22-12(28)13(29)23-25)36-4-6-3-34-15-9(14(30)26(15)10(6)16(31)32)21-11(27)8(24-33-2)7-5-35-17(19)20-7;;;/h5,9,15H,3-4H2,1-2H3,(H2,19,20)(H,21,27)(H,23,29)(H,31,32);;;/b24-8-;;;/t9-,15-;;;/m1.../s1. The van der Waals surface area contributed by atoms with Crippen LogP contribution < -0.4 is 22.2 Å². The zero-order chi connectivity index (χ0) is 26.1. The second-order valence-corrected chi connectivity index (χ2v) is 10.2. The fourth-order valence-electron chi connectivity index (χ4n) is 3.44. The first kappa shape index (κ1) is 29.2. The molecule has 2 aliphatic heterocycles. The number of nitrogen functional groups attached to an aromatic ring is 1. The second kappa shape index (κ2) is 12.0.